The number of rotatable bonds is 6. The van der Waals surface area contributed by atoms with Gasteiger partial charge in [-0.05, 0) is 31.5 Å². The van der Waals surface area contributed by atoms with Gasteiger partial charge in [0.1, 0.15) is 17.3 Å². The monoisotopic (exact) mass is 430 g/mol. The highest BCUT2D eigenvalue weighted by Crippen LogP contribution is 2.34. The van der Waals surface area contributed by atoms with E-state index in [1.54, 1.807) is 30.6 Å². The van der Waals surface area contributed by atoms with Crippen LogP contribution in [0.1, 0.15) is 36.2 Å². The van der Waals surface area contributed by atoms with E-state index in [0.717, 1.165) is 36.6 Å². The zero-order valence-corrected chi connectivity index (χ0v) is 18.3. The van der Waals surface area contributed by atoms with Gasteiger partial charge in [-0.15, -0.1) is 0 Å². The maximum atomic E-state index is 9.39. The van der Waals surface area contributed by atoms with Gasteiger partial charge in [-0.2, -0.15) is 5.26 Å². The molecule has 3 heterocycles. The van der Waals surface area contributed by atoms with Crippen LogP contribution in [0, 0.1) is 18.3 Å². The Morgan fingerprint density at radius 3 is 2.62 bits per heavy atom. The van der Waals surface area contributed by atoms with Gasteiger partial charge in [0.05, 0.1) is 30.4 Å². The van der Waals surface area contributed by atoms with Crippen molar-refractivity contribution in [2.24, 2.45) is 5.73 Å². The summed E-state index contributed by atoms with van der Waals surface area (Å²) < 4.78 is 11.7. The zero-order valence-electron chi connectivity index (χ0n) is 18.3. The first-order valence-corrected chi connectivity index (χ1v) is 10.7. The molecule has 0 aliphatic carbocycles. The van der Waals surface area contributed by atoms with Crippen molar-refractivity contribution in [1.29, 1.82) is 5.26 Å². The second-order valence-corrected chi connectivity index (χ2v) is 7.68. The summed E-state index contributed by atoms with van der Waals surface area (Å²) in [6.45, 7) is 6.87. The van der Waals surface area contributed by atoms with Crippen molar-refractivity contribution >= 4 is 5.82 Å². The van der Waals surface area contributed by atoms with E-state index in [-0.39, 0.29) is 6.04 Å². The molecule has 1 unspecified atom stereocenters. The van der Waals surface area contributed by atoms with Gasteiger partial charge in [-0.3, -0.25) is 0 Å². The molecule has 4 rings (SSSR count). The Hall–Kier alpha value is -3.54. The SMILES string of the molecule is CCC(N)c1cnc(-c2ccc(C#N)cc2Oc2cc(C)nc(N3CCOCC3)c2)nc1. The van der Waals surface area contributed by atoms with Crippen molar-refractivity contribution in [1.82, 2.24) is 15.0 Å². The fourth-order valence-corrected chi connectivity index (χ4v) is 3.53. The van der Waals surface area contributed by atoms with Crippen LogP contribution in [-0.4, -0.2) is 41.3 Å². The number of hydrogen-bond donors (Lipinski definition) is 1. The minimum Gasteiger partial charge on any atom is -0.456 e. The summed E-state index contributed by atoms with van der Waals surface area (Å²) in [5.41, 5.74) is 9.00. The smallest absolute Gasteiger partial charge is 0.162 e. The lowest BCUT2D eigenvalue weighted by Crippen LogP contribution is -2.36. The van der Waals surface area contributed by atoms with Gasteiger partial charge in [0.25, 0.3) is 0 Å². The third kappa shape index (κ3) is 4.85. The van der Waals surface area contributed by atoms with Crippen molar-refractivity contribution in [2.75, 3.05) is 31.2 Å². The minimum atomic E-state index is -0.0980. The summed E-state index contributed by atoms with van der Waals surface area (Å²) in [5, 5.41) is 9.39. The van der Waals surface area contributed by atoms with Gasteiger partial charge < -0.3 is 20.1 Å². The number of nitrogens with two attached hydrogens (primary N) is 1. The Morgan fingerprint density at radius 2 is 1.94 bits per heavy atom. The molecule has 164 valence electrons. The number of nitrogens with zero attached hydrogens (tertiary/aromatic N) is 5. The number of benzene rings is 1. The first kappa shape index (κ1) is 21.7. The molecular weight excluding hydrogens is 404 g/mol. The molecule has 1 atom stereocenters. The summed E-state index contributed by atoms with van der Waals surface area (Å²) in [7, 11) is 0. The summed E-state index contributed by atoms with van der Waals surface area (Å²) >= 11 is 0. The molecule has 8 heteroatoms. The van der Waals surface area contributed by atoms with Gasteiger partial charge in [0.15, 0.2) is 5.82 Å². The van der Waals surface area contributed by atoms with Crippen LogP contribution in [0.4, 0.5) is 5.82 Å². The lowest BCUT2D eigenvalue weighted by molar-refractivity contribution is 0.122. The predicted octanol–water partition coefficient (Wildman–Crippen LogP) is 3.76. The topological polar surface area (TPSA) is 110 Å². The third-order valence-corrected chi connectivity index (χ3v) is 5.37. The van der Waals surface area contributed by atoms with E-state index in [0.29, 0.717) is 41.7 Å². The fourth-order valence-electron chi connectivity index (χ4n) is 3.53. The molecule has 2 N–H and O–H groups in total. The first-order valence-electron chi connectivity index (χ1n) is 10.7. The number of ether oxygens (including phenoxy) is 2. The normalized spacial score (nSPS) is 14.6. The highest BCUT2D eigenvalue weighted by Gasteiger charge is 2.16. The first-order chi connectivity index (χ1) is 15.6. The van der Waals surface area contributed by atoms with Crippen LogP contribution in [0.25, 0.3) is 11.4 Å². The second kappa shape index (κ2) is 9.73. The van der Waals surface area contributed by atoms with Crippen molar-refractivity contribution in [3.05, 3.63) is 59.5 Å². The highest BCUT2D eigenvalue weighted by molar-refractivity contribution is 5.66. The van der Waals surface area contributed by atoms with Crippen molar-refractivity contribution in [3.63, 3.8) is 0 Å². The Balaban J connectivity index is 1.68. The van der Waals surface area contributed by atoms with Crippen LogP contribution in [0.5, 0.6) is 11.5 Å². The Morgan fingerprint density at radius 1 is 1.19 bits per heavy atom. The number of pyridine rings is 1. The molecular formula is C24H26N6O2. The molecule has 3 aromatic rings. The highest BCUT2D eigenvalue weighted by atomic mass is 16.5. The summed E-state index contributed by atoms with van der Waals surface area (Å²) in [5.74, 6) is 2.50. The van der Waals surface area contributed by atoms with Crippen LogP contribution >= 0.6 is 0 Å². The zero-order chi connectivity index (χ0) is 22.5. The van der Waals surface area contributed by atoms with Crippen molar-refractivity contribution in [2.45, 2.75) is 26.3 Å². The van der Waals surface area contributed by atoms with E-state index in [1.165, 1.54) is 0 Å². The molecule has 1 aliphatic rings. The molecule has 1 saturated heterocycles. The summed E-state index contributed by atoms with van der Waals surface area (Å²) in [4.78, 5) is 15.8. The molecule has 0 radical (unpaired) electrons. The standard InChI is InChI=1S/C24H26N6O2/c1-3-21(26)18-14-27-24(28-15-18)20-5-4-17(13-25)11-22(20)32-19-10-16(2)29-23(12-19)30-6-8-31-9-7-30/h4-5,10-12,14-15,21H,3,6-9,26H2,1-2H3. The molecule has 32 heavy (non-hydrogen) atoms. The fraction of sp³-hybridized carbons (Fsp3) is 0.333. The molecule has 0 amide bonds. The number of anilines is 1. The van der Waals surface area contributed by atoms with Gasteiger partial charge in [-0.1, -0.05) is 6.92 Å². The van der Waals surface area contributed by atoms with Gasteiger partial charge in [0.2, 0.25) is 0 Å². The average molecular weight is 431 g/mol. The molecule has 0 spiro atoms. The quantitative estimate of drug-likeness (QED) is 0.629. The summed E-state index contributed by atoms with van der Waals surface area (Å²) in [6, 6.07) is 11.1. The van der Waals surface area contributed by atoms with Crippen LogP contribution < -0.4 is 15.4 Å². The Kier molecular flexibility index (Phi) is 6.59. The lowest BCUT2D eigenvalue weighted by Gasteiger charge is -2.28. The van der Waals surface area contributed by atoms with Crippen LogP contribution in [0.2, 0.25) is 0 Å². The number of morpholine rings is 1. The molecule has 8 nitrogen and oxygen atoms in total. The van der Waals surface area contributed by atoms with E-state index < -0.39 is 0 Å². The molecule has 1 aromatic carbocycles. The number of hydrogen-bond acceptors (Lipinski definition) is 8. The van der Waals surface area contributed by atoms with E-state index >= 15 is 0 Å². The van der Waals surface area contributed by atoms with Crippen LogP contribution in [0.3, 0.4) is 0 Å². The molecule has 0 bridgehead atoms. The maximum Gasteiger partial charge on any atom is 0.162 e. The van der Waals surface area contributed by atoms with E-state index in [1.807, 2.05) is 26.0 Å². The maximum absolute atomic E-state index is 9.39. The van der Waals surface area contributed by atoms with Crippen LogP contribution in [-0.2, 0) is 4.74 Å². The summed E-state index contributed by atoms with van der Waals surface area (Å²) in [6.07, 6.45) is 4.29. The van der Waals surface area contributed by atoms with Crippen molar-refractivity contribution in [3.8, 4) is 29.0 Å². The Labute approximate surface area is 187 Å². The van der Waals surface area contributed by atoms with Gasteiger partial charge in [0, 0.05) is 54.9 Å². The Bertz CT molecular complexity index is 1120. The lowest BCUT2D eigenvalue weighted by atomic mass is 10.1. The van der Waals surface area contributed by atoms with E-state index in [9.17, 15) is 5.26 Å². The predicted molar refractivity (Wildman–Crippen MR) is 121 cm³/mol. The number of aromatic nitrogens is 3. The molecule has 1 fully saturated rings. The minimum absolute atomic E-state index is 0.0980. The molecule has 0 saturated carbocycles. The number of aryl methyl sites for hydroxylation is 1. The van der Waals surface area contributed by atoms with Gasteiger partial charge >= 0.3 is 0 Å². The second-order valence-electron chi connectivity index (χ2n) is 7.68. The average Bonchev–Trinajstić information content (AvgIpc) is 2.84. The third-order valence-electron chi connectivity index (χ3n) is 5.37. The molecule has 2 aromatic heterocycles. The van der Waals surface area contributed by atoms with Gasteiger partial charge in [-0.25, -0.2) is 15.0 Å². The van der Waals surface area contributed by atoms with E-state index in [2.05, 4.69) is 25.9 Å². The van der Waals surface area contributed by atoms with E-state index in [4.69, 9.17) is 15.2 Å². The van der Waals surface area contributed by atoms with Crippen molar-refractivity contribution < 1.29 is 9.47 Å². The van der Waals surface area contributed by atoms with Crippen LogP contribution in [0.15, 0.2) is 42.7 Å². The largest absolute Gasteiger partial charge is 0.456 e. The number of nitriles is 1. The molecule has 1 aliphatic heterocycles.